The lowest BCUT2D eigenvalue weighted by molar-refractivity contribution is -0.384. The fourth-order valence-electron chi connectivity index (χ4n) is 2.71. The van der Waals surface area contributed by atoms with Crippen LogP contribution in [0.3, 0.4) is 0 Å². The highest BCUT2D eigenvalue weighted by atomic mass is 16.6. The summed E-state index contributed by atoms with van der Waals surface area (Å²) in [5.74, 6) is -2.22. The topological polar surface area (TPSA) is 110 Å². The van der Waals surface area contributed by atoms with Crippen molar-refractivity contribution in [3.8, 4) is 0 Å². The van der Waals surface area contributed by atoms with Crippen LogP contribution in [0.15, 0.2) is 24.3 Å². The van der Waals surface area contributed by atoms with Crippen molar-refractivity contribution < 1.29 is 24.4 Å². The number of nitro benzene ring substituents is 1. The highest BCUT2D eigenvalue weighted by Crippen LogP contribution is 2.34. The van der Waals surface area contributed by atoms with Crippen molar-refractivity contribution in [3.05, 3.63) is 39.9 Å². The van der Waals surface area contributed by atoms with Gasteiger partial charge >= 0.3 is 12.1 Å². The van der Waals surface area contributed by atoms with E-state index >= 15 is 0 Å². The van der Waals surface area contributed by atoms with E-state index < -0.39 is 34.4 Å². The third-order valence-corrected chi connectivity index (χ3v) is 3.82. The van der Waals surface area contributed by atoms with Crippen molar-refractivity contribution in [1.29, 1.82) is 0 Å². The maximum atomic E-state index is 12.2. The number of aliphatic carboxylic acids is 1. The quantitative estimate of drug-likeness (QED) is 0.671. The standard InChI is InChI=1S/C16H20N2O6/c1-16(2,3)24-15(21)17-8-12(13(9-17)14(19)20)10-4-6-11(7-5-10)18(22)23/h4-7,12-13H,8-9H2,1-3H3,(H,19,20)/t12-,13+/m1/s1. The van der Waals surface area contributed by atoms with Crippen LogP contribution in [-0.2, 0) is 9.53 Å². The molecule has 0 aromatic heterocycles. The number of nitro groups is 1. The first kappa shape index (κ1) is 17.7. The van der Waals surface area contributed by atoms with Gasteiger partial charge in [-0.1, -0.05) is 12.1 Å². The maximum Gasteiger partial charge on any atom is 0.410 e. The first-order valence-corrected chi connectivity index (χ1v) is 7.53. The van der Waals surface area contributed by atoms with Gasteiger partial charge in [0.15, 0.2) is 0 Å². The smallest absolute Gasteiger partial charge is 0.410 e. The van der Waals surface area contributed by atoms with Crippen molar-refractivity contribution in [2.45, 2.75) is 32.3 Å². The molecule has 1 amide bonds. The van der Waals surface area contributed by atoms with Crippen LogP contribution in [0.1, 0.15) is 32.3 Å². The van der Waals surface area contributed by atoms with Gasteiger partial charge in [0.05, 0.1) is 10.8 Å². The molecule has 1 aliphatic heterocycles. The number of hydrogen-bond donors (Lipinski definition) is 1. The molecule has 0 aliphatic carbocycles. The zero-order chi connectivity index (χ0) is 18.1. The summed E-state index contributed by atoms with van der Waals surface area (Å²) in [5, 5.41) is 20.2. The van der Waals surface area contributed by atoms with Crippen molar-refractivity contribution >= 4 is 17.7 Å². The Bertz CT molecular complexity index is 650. The Morgan fingerprint density at radius 3 is 2.29 bits per heavy atom. The number of rotatable bonds is 3. The summed E-state index contributed by atoms with van der Waals surface area (Å²) in [5.41, 5.74) is -0.0759. The minimum Gasteiger partial charge on any atom is -0.481 e. The van der Waals surface area contributed by atoms with Crippen LogP contribution in [0.5, 0.6) is 0 Å². The van der Waals surface area contributed by atoms with Gasteiger partial charge in [0.1, 0.15) is 5.60 Å². The van der Waals surface area contributed by atoms with E-state index in [4.69, 9.17) is 4.74 Å². The van der Waals surface area contributed by atoms with Gasteiger partial charge in [-0.3, -0.25) is 14.9 Å². The maximum absolute atomic E-state index is 12.2. The molecule has 0 bridgehead atoms. The molecule has 1 heterocycles. The Hall–Kier alpha value is -2.64. The predicted octanol–water partition coefficient (Wildman–Crippen LogP) is 2.63. The largest absolute Gasteiger partial charge is 0.481 e. The van der Waals surface area contributed by atoms with Crippen molar-refractivity contribution in [2.24, 2.45) is 5.92 Å². The van der Waals surface area contributed by atoms with E-state index in [1.165, 1.54) is 29.2 Å². The number of carboxylic acids is 1. The second-order valence-corrected chi connectivity index (χ2v) is 6.79. The lowest BCUT2D eigenvalue weighted by atomic mass is 9.89. The molecular formula is C16H20N2O6. The molecule has 1 fully saturated rings. The fraction of sp³-hybridized carbons (Fsp3) is 0.500. The molecule has 0 saturated carbocycles. The Labute approximate surface area is 139 Å². The van der Waals surface area contributed by atoms with Crippen LogP contribution in [0.2, 0.25) is 0 Å². The number of benzene rings is 1. The van der Waals surface area contributed by atoms with E-state index in [0.717, 1.165) is 0 Å². The molecule has 0 radical (unpaired) electrons. The molecule has 0 unspecified atom stereocenters. The summed E-state index contributed by atoms with van der Waals surface area (Å²) in [6, 6.07) is 5.75. The highest BCUT2D eigenvalue weighted by Gasteiger charge is 2.41. The second kappa shape index (κ2) is 6.46. The predicted molar refractivity (Wildman–Crippen MR) is 84.8 cm³/mol. The zero-order valence-electron chi connectivity index (χ0n) is 13.8. The van der Waals surface area contributed by atoms with Crippen molar-refractivity contribution in [1.82, 2.24) is 4.90 Å². The molecule has 130 valence electrons. The molecule has 2 rings (SSSR count). The molecule has 24 heavy (non-hydrogen) atoms. The Morgan fingerprint density at radius 2 is 1.83 bits per heavy atom. The monoisotopic (exact) mass is 336 g/mol. The van der Waals surface area contributed by atoms with Gasteiger partial charge in [-0.05, 0) is 26.3 Å². The van der Waals surface area contributed by atoms with E-state index in [0.29, 0.717) is 5.56 Å². The van der Waals surface area contributed by atoms with Gasteiger partial charge in [0, 0.05) is 31.1 Å². The molecular weight excluding hydrogens is 316 g/mol. The number of carbonyl (C=O) groups is 2. The summed E-state index contributed by atoms with van der Waals surface area (Å²) in [6.07, 6.45) is -0.557. The van der Waals surface area contributed by atoms with Gasteiger partial charge in [-0.2, -0.15) is 0 Å². The first-order valence-electron chi connectivity index (χ1n) is 7.53. The SMILES string of the molecule is CC(C)(C)OC(=O)N1C[C@H](C(=O)O)[C@@H](c2ccc([N+](=O)[O-])cc2)C1. The highest BCUT2D eigenvalue weighted by molar-refractivity contribution is 5.76. The van der Waals surface area contributed by atoms with E-state index in [-0.39, 0.29) is 18.8 Å². The Morgan fingerprint density at radius 1 is 1.25 bits per heavy atom. The molecule has 0 spiro atoms. The van der Waals surface area contributed by atoms with Crippen molar-refractivity contribution in [3.63, 3.8) is 0 Å². The number of carbonyl (C=O) groups excluding carboxylic acids is 1. The minimum absolute atomic E-state index is 0.0475. The van der Waals surface area contributed by atoms with Crippen LogP contribution in [0.25, 0.3) is 0 Å². The summed E-state index contributed by atoms with van der Waals surface area (Å²) in [7, 11) is 0. The van der Waals surface area contributed by atoms with Crippen LogP contribution >= 0.6 is 0 Å². The second-order valence-electron chi connectivity index (χ2n) is 6.79. The normalized spacial score (nSPS) is 20.7. The third kappa shape index (κ3) is 4.01. The third-order valence-electron chi connectivity index (χ3n) is 3.82. The first-order chi connectivity index (χ1) is 11.1. The van der Waals surface area contributed by atoms with Gasteiger partial charge in [-0.15, -0.1) is 0 Å². The summed E-state index contributed by atoms with van der Waals surface area (Å²) < 4.78 is 5.29. The van der Waals surface area contributed by atoms with Crippen LogP contribution in [-0.4, -0.2) is 45.7 Å². The zero-order valence-corrected chi connectivity index (χ0v) is 13.8. The molecule has 1 aliphatic rings. The lowest BCUT2D eigenvalue weighted by Gasteiger charge is -2.24. The number of amides is 1. The number of nitrogens with zero attached hydrogens (tertiary/aromatic N) is 2. The van der Waals surface area contributed by atoms with Gasteiger partial charge in [0.25, 0.3) is 5.69 Å². The average molecular weight is 336 g/mol. The Balaban J connectivity index is 2.20. The fourth-order valence-corrected chi connectivity index (χ4v) is 2.71. The van der Waals surface area contributed by atoms with Gasteiger partial charge in [-0.25, -0.2) is 4.79 Å². The molecule has 1 aromatic carbocycles. The molecule has 1 saturated heterocycles. The lowest BCUT2D eigenvalue weighted by Crippen LogP contribution is -2.35. The van der Waals surface area contributed by atoms with Gasteiger partial charge < -0.3 is 14.7 Å². The minimum atomic E-state index is -1.01. The average Bonchev–Trinajstić information content (AvgIpc) is 2.91. The molecule has 8 heteroatoms. The van der Waals surface area contributed by atoms with E-state index in [1.807, 2.05) is 0 Å². The van der Waals surface area contributed by atoms with E-state index in [2.05, 4.69) is 0 Å². The van der Waals surface area contributed by atoms with Crippen LogP contribution in [0.4, 0.5) is 10.5 Å². The van der Waals surface area contributed by atoms with E-state index in [9.17, 15) is 24.8 Å². The number of likely N-dealkylation sites (tertiary alicyclic amines) is 1. The molecule has 1 aromatic rings. The number of hydrogen-bond acceptors (Lipinski definition) is 5. The Kier molecular flexibility index (Phi) is 4.77. The van der Waals surface area contributed by atoms with Gasteiger partial charge in [0.2, 0.25) is 0 Å². The summed E-state index contributed by atoms with van der Waals surface area (Å²) in [6.45, 7) is 5.46. The van der Waals surface area contributed by atoms with Crippen LogP contribution in [0, 0.1) is 16.0 Å². The summed E-state index contributed by atoms with van der Waals surface area (Å²) in [4.78, 5) is 35.3. The number of ether oxygens (including phenoxy) is 1. The van der Waals surface area contributed by atoms with Crippen LogP contribution < -0.4 is 0 Å². The molecule has 2 atom stereocenters. The molecule has 8 nitrogen and oxygen atoms in total. The van der Waals surface area contributed by atoms with E-state index in [1.54, 1.807) is 20.8 Å². The molecule has 1 N–H and O–H groups in total. The number of carboxylic acid groups (broad SMARTS) is 1. The number of non-ortho nitro benzene ring substituents is 1. The summed E-state index contributed by atoms with van der Waals surface area (Å²) >= 11 is 0. The van der Waals surface area contributed by atoms with Crippen molar-refractivity contribution in [2.75, 3.05) is 13.1 Å².